The Hall–Kier alpha value is -1.85. The highest BCUT2D eigenvalue weighted by Gasteiger charge is 2.41. The normalized spacial score (nSPS) is 25.4. The van der Waals surface area contributed by atoms with Crippen LogP contribution >= 0.6 is 12.4 Å². The molecule has 2 aliphatic rings. The molecule has 128 valence electrons. The average molecular weight is 347 g/mol. The minimum atomic E-state index is -0.0205. The molecular formula is C18H23ClN4O. The molecule has 0 aliphatic carbocycles. The van der Waals surface area contributed by atoms with Crippen LogP contribution in [0.5, 0.6) is 0 Å². The molecule has 2 aliphatic heterocycles. The van der Waals surface area contributed by atoms with Crippen molar-refractivity contribution in [2.75, 3.05) is 18.0 Å². The zero-order valence-corrected chi connectivity index (χ0v) is 14.8. The second-order valence-corrected chi connectivity index (χ2v) is 6.71. The fraction of sp³-hybridized carbons (Fsp3) is 0.444. The van der Waals surface area contributed by atoms with Gasteiger partial charge in [-0.15, -0.1) is 12.4 Å². The maximum Gasteiger partial charge on any atom is 0.232 e. The molecule has 1 saturated heterocycles. The second-order valence-electron chi connectivity index (χ2n) is 6.71. The lowest BCUT2D eigenvalue weighted by atomic mass is 9.89. The lowest BCUT2D eigenvalue weighted by molar-refractivity contribution is -0.122. The van der Waals surface area contributed by atoms with Gasteiger partial charge in [0.15, 0.2) is 0 Å². The molecule has 6 heteroatoms. The highest BCUT2D eigenvalue weighted by Crippen LogP contribution is 2.36. The Morgan fingerprint density at radius 3 is 2.83 bits per heavy atom. The van der Waals surface area contributed by atoms with Crippen LogP contribution in [0.3, 0.4) is 0 Å². The summed E-state index contributed by atoms with van der Waals surface area (Å²) < 4.78 is 1.81. The molecule has 4 rings (SSSR count). The van der Waals surface area contributed by atoms with E-state index in [0.717, 1.165) is 30.8 Å². The first-order valence-corrected chi connectivity index (χ1v) is 8.25. The van der Waals surface area contributed by atoms with Crippen LogP contribution in [-0.2, 0) is 18.3 Å². The first-order chi connectivity index (χ1) is 11.1. The summed E-state index contributed by atoms with van der Waals surface area (Å²) in [5.41, 5.74) is 3.51. The van der Waals surface area contributed by atoms with Crippen LogP contribution in [0, 0.1) is 5.92 Å². The molecule has 1 aromatic carbocycles. The quantitative estimate of drug-likeness (QED) is 0.906. The molecule has 1 N–H and O–H groups in total. The average Bonchev–Trinajstić information content (AvgIpc) is 3.23. The number of para-hydroxylation sites is 1. The van der Waals surface area contributed by atoms with E-state index >= 15 is 0 Å². The van der Waals surface area contributed by atoms with Gasteiger partial charge >= 0.3 is 0 Å². The number of amides is 1. The lowest BCUT2D eigenvalue weighted by Gasteiger charge is -2.28. The van der Waals surface area contributed by atoms with Crippen LogP contribution in [0.15, 0.2) is 36.7 Å². The largest absolute Gasteiger partial charge is 0.315 e. The van der Waals surface area contributed by atoms with E-state index in [2.05, 4.69) is 35.5 Å². The summed E-state index contributed by atoms with van der Waals surface area (Å²) in [6.07, 6.45) is 4.86. The summed E-state index contributed by atoms with van der Waals surface area (Å²) in [5, 5.41) is 7.66. The molecule has 0 spiro atoms. The number of aromatic nitrogens is 2. The maximum atomic E-state index is 13.3. The van der Waals surface area contributed by atoms with E-state index in [0.29, 0.717) is 0 Å². The number of carbonyl (C=O) groups is 1. The Bertz CT molecular complexity index is 744. The topological polar surface area (TPSA) is 50.2 Å². The minimum Gasteiger partial charge on any atom is -0.315 e. The number of aryl methyl sites for hydroxylation is 1. The van der Waals surface area contributed by atoms with Gasteiger partial charge in [0.2, 0.25) is 5.91 Å². The molecule has 0 radical (unpaired) electrons. The third-order valence-corrected chi connectivity index (χ3v) is 5.13. The molecule has 1 aromatic heterocycles. The van der Waals surface area contributed by atoms with E-state index in [4.69, 9.17) is 0 Å². The number of nitrogens with zero attached hydrogens (tertiary/aromatic N) is 3. The fourth-order valence-electron chi connectivity index (χ4n) is 4.00. The molecule has 1 amide bonds. The van der Waals surface area contributed by atoms with Gasteiger partial charge in [0.1, 0.15) is 0 Å². The number of benzene rings is 1. The standard InChI is InChI=1S/C18H22N4O.ClH/c1-12-7-13-5-3-4-6-17(13)22(12)18(23)16-10-19-9-15(16)14-8-20-21(2)11-14;/h3-6,8,11-12,15-16,19H,7,9-10H2,1-2H3;1H/t12?,15-,16+;/m1./s1. The van der Waals surface area contributed by atoms with Crippen LogP contribution in [-0.4, -0.2) is 34.8 Å². The number of hydrogen-bond donors (Lipinski definition) is 1. The Morgan fingerprint density at radius 1 is 1.29 bits per heavy atom. The molecule has 3 atom stereocenters. The highest BCUT2D eigenvalue weighted by molar-refractivity contribution is 5.98. The van der Waals surface area contributed by atoms with Crippen molar-refractivity contribution in [3.05, 3.63) is 47.8 Å². The summed E-state index contributed by atoms with van der Waals surface area (Å²) in [6, 6.07) is 8.50. The summed E-state index contributed by atoms with van der Waals surface area (Å²) >= 11 is 0. The number of rotatable bonds is 2. The first-order valence-electron chi connectivity index (χ1n) is 8.25. The first kappa shape index (κ1) is 17.0. The van der Waals surface area contributed by atoms with Gasteiger partial charge in [-0.3, -0.25) is 9.48 Å². The molecule has 1 unspecified atom stereocenters. The number of carbonyl (C=O) groups excluding carboxylic acids is 1. The Labute approximate surface area is 148 Å². The maximum absolute atomic E-state index is 13.3. The smallest absolute Gasteiger partial charge is 0.232 e. The van der Waals surface area contributed by atoms with Gasteiger partial charge in [-0.05, 0) is 30.5 Å². The van der Waals surface area contributed by atoms with Crippen molar-refractivity contribution in [3.63, 3.8) is 0 Å². The molecule has 24 heavy (non-hydrogen) atoms. The minimum absolute atomic E-state index is 0. The number of anilines is 1. The van der Waals surface area contributed by atoms with Crippen LogP contribution in [0.25, 0.3) is 0 Å². The van der Waals surface area contributed by atoms with Crippen molar-refractivity contribution < 1.29 is 4.79 Å². The Kier molecular flexibility index (Phi) is 4.65. The summed E-state index contributed by atoms with van der Waals surface area (Å²) in [4.78, 5) is 15.3. The third kappa shape index (κ3) is 2.72. The van der Waals surface area contributed by atoms with Gasteiger partial charge < -0.3 is 10.2 Å². The van der Waals surface area contributed by atoms with Gasteiger partial charge in [0.25, 0.3) is 0 Å². The monoisotopic (exact) mass is 346 g/mol. The van der Waals surface area contributed by atoms with E-state index in [-0.39, 0.29) is 36.2 Å². The summed E-state index contributed by atoms with van der Waals surface area (Å²) in [5.74, 6) is 0.422. The van der Waals surface area contributed by atoms with E-state index in [1.165, 1.54) is 5.56 Å². The molecule has 0 saturated carbocycles. The fourth-order valence-corrected chi connectivity index (χ4v) is 4.00. The van der Waals surface area contributed by atoms with Crippen LogP contribution in [0.4, 0.5) is 5.69 Å². The van der Waals surface area contributed by atoms with Crippen LogP contribution < -0.4 is 10.2 Å². The zero-order chi connectivity index (χ0) is 16.0. The third-order valence-electron chi connectivity index (χ3n) is 5.13. The second kappa shape index (κ2) is 6.57. The Morgan fingerprint density at radius 2 is 2.08 bits per heavy atom. The van der Waals surface area contributed by atoms with E-state index in [9.17, 15) is 4.79 Å². The van der Waals surface area contributed by atoms with Crippen molar-refractivity contribution in [2.24, 2.45) is 13.0 Å². The van der Waals surface area contributed by atoms with E-state index in [1.807, 2.05) is 35.1 Å². The predicted molar refractivity (Wildman–Crippen MR) is 96.7 cm³/mol. The summed E-state index contributed by atoms with van der Waals surface area (Å²) in [6.45, 7) is 3.72. The molecule has 0 bridgehead atoms. The molecule has 1 fully saturated rings. The highest BCUT2D eigenvalue weighted by atomic mass is 35.5. The van der Waals surface area contributed by atoms with Crippen molar-refractivity contribution in [3.8, 4) is 0 Å². The molecular weight excluding hydrogens is 324 g/mol. The van der Waals surface area contributed by atoms with Crippen molar-refractivity contribution in [1.29, 1.82) is 0 Å². The molecule has 5 nitrogen and oxygen atoms in total. The van der Waals surface area contributed by atoms with Gasteiger partial charge in [0, 0.05) is 44.0 Å². The van der Waals surface area contributed by atoms with Crippen LogP contribution in [0.2, 0.25) is 0 Å². The van der Waals surface area contributed by atoms with Crippen molar-refractivity contribution >= 4 is 24.0 Å². The van der Waals surface area contributed by atoms with E-state index in [1.54, 1.807) is 0 Å². The van der Waals surface area contributed by atoms with Gasteiger partial charge in [-0.25, -0.2) is 0 Å². The zero-order valence-electron chi connectivity index (χ0n) is 14.0. The Balaban J connectivity index is 0.00000169. The van der Waals surface area contributed by atoms with Gasteiger partial charge in [-0.2, -0.15) is 5.10 Å². The number of fused-ring (bicyclic) bond motifs is 1. The van der Waals surface area contributed by atoms with E-state index < -0.39 is 0 Å². The van der Waals surface area contributed by atoms with Crippen LogP contribution in [0.1, 0.15) is 24.0 Å². The predicted octanol–water partition coefficient (Wildman–Crippen LogP) is 2.12. The lowest BCUT2D eigenvalue weighted by Crippen LogP contribution is -2.42. The van der Waals surface area contributed by atoms with Gasteiger partial charge in [-0.1, -0.05) is 18.2 Å². The SMILES string of the molecule is CC1Cc2ccccc2N1C(=O)[C@H]1CNC[C@@H]1c1cnn(C)c1.Cl. The number of hydrogen-bond acceptors (Lipinski definition) is 3. The number of halogens is 1. The summed E-state index contributed by atoms with van der Waals surface area (Å²) in [7, 11) is 1.92. The molecule has 3 heterocycles. The van der Waals surface area contributed by atoms with Crippen molar-refractivity contribution in [1.82, 2.24) is 15.1 Å². The molecule has 2 aromatic rings. The number of nitrogens with one attached hydrogen (secondary N) is 1. The van der Waals surface area contributed by atoms with Gasteiger partial charge in [0.05, 0.1) is 12.1 Å². The van der Waals surface area contributed by atoms with Crippen molar-refractivity contribution in [2.45, 2.75) is 25.3 Å².